The monoisotopic (exact) mass is 298 g/mol. The fraction of sp³-hybridized carbons (Fsp3) is 0.278. The number of nitrogens with two attached hydrogens (primary N) is 1. The van der Waals surface area contributed by atoms with Crippen molar-refractivity contribution >= 4 is 5.84 Å². The lowest BCUT2D eigenvalue weighted by molar-refractivity contribution is 0.238. The van der Waals surface area contributed by atoms with Gasteiger partial charge in [-0.3, -0.25) is 5.41 Å². The van der Waals surface area contributed by atoms with Gasteiger partial charge in [0.2, 0.25) is 0 Å². The number of ether oxygens (including phenoxy) is 1. The molecule has 0 aliphatic carbocycles. The molecule has 0 saturated carbocycles. The number of benzene rings is 2. The van der Waals surface area contributed by atoms with Crippen LogP contribution in [0.5, 0.6) is 5.75 Å². The summed E-state index contributed by atoms with van der Waals surface area (Å²) < 4.78 is 5.91. The summed E-state index contributed by atoms with van der Waals surface area (Å²) in [6.45, 7) is 6.46. The predicted molar refractivity (Wildman–Crippen MR) is 88.3 cm³/mol. The molecule has 0 amide bonds. The Morgan fingerprint density at radius 2 is 1.77 bits per heavy atom. The molecule has 4 nitrogen and oxygen atoms in total. The maximum atomic E-state index is 10.0. The summed E-state index contributed by atoms with van der Waals surface area (Å²) in [5.41, 5.74) is 10.3. The SMILES string of the molecule is Cc1cc(C)c(OCc2ccccc2C(O)C(=N)N)cc1C. The number of aliphatic hydroxyl groups excluding tert-OH is 1. The van der Waals surface area contributed by atoms with Gasteiger partial charge >= 0.3 is 0 Å². The molecule has 4 heteroatoms. The minimum atomic E-state index is -1.10. The number of amidine groups is 1. The summed E-state index contributed by atoms with van der Waals surface area (Å²) in [7, 11) is 0. The first kappa shape index (κ1) is 16.0. The third kappa shape index (κ3) is 3.46. The summed E-state index contributed by atoms with van der Waals surface area (Å²) in [5.74, 6) is 0.560. The Hall–Kier alpha value is -2.33. The molecule has 0 bridgehead atoms. The van der Waals surface area contributed by atoms with E-state index < -0.39 is 6.10 Å². The highest BCUT2D eigenvalue weighted by Crippen LogP contribution is 2.25. The van der Waals surface area contributed by atoms with Crippen LogP contribution in [0.2, 0.25) is 0 Å². The van der Waals surface area contributed by atoms with Crippen molar-refractivity contribution < 1.29 is 9.84 Å². The van der Waals surface area contributed by atoms with Gasteiger partial charge in [-0.1, -0.05) is 30.3 Å². The third-order valence-electron chi connectivity index (χ3n) is 3.82. The smallest absolute Gasteiger partial charge is 0.136 e. The number of aliphatic hydroxyl groups is 1. The Morgan fingerprint density at radius 3 is 2.45 bits per heavy atom. The number of hydrogen-bond acceptors (Lipinski definition) is 3. The van der Waals surface area contributed by atoms with E-state index in [0.29, 0.717) is 12.2 Å². The lowest BCUT2D eigenvalue weighted by Crippen LogP contribution is -2.21. The Labute approximate surface area is 131 Å². The van der Waals surface area contributed by atoms with Crippen molar-refractivity contribution in [3.63, 3.8) is 0 Å². The minimum Gasteiger partial charge on any atom is -0.489 e. The maximum Gasteiger partial charge on any atom is 0.136 e. The molecule has 0 saturated heterocycles. The molecule has 116 valence electrons. The van der Waals surface area contributed by atoms with E-state index in [-0.39, 0.29) is 5.84 Å². The molecule has 1 unspecified atom stereocenters. The molecule has 0 spiro atoms. The van der Waals surface area contributed by atoms with Crippen LogP contribution >= 0.6 is 0 Å². The van der Waals surface area contributed by atoms with Crippen LogP contribution in [0.15, 0.2) is 36.4 Å². The molecule has 0 aliphatic heterocycles. The van der Waals surface area contributed by atoms with Crippen molar-refractivity contribution in [1.82, 2.24) is 0 Å². The highest BCUT2D eigenvalue weighted by molar-refractivity contribution is 5.83. The number of aryl methyl sites for hydroxylation is 3. The van der Waals surface area contributed by atoms with Gasteiger partial charge in [0.05, 0.1) is 0 Å². The summed E-state index contributed by atoms with van der Waals surface area (Å²) in [6.07, 6.45) is -1.10. The van der Waals surface area contributed by atoms with E-state index in [2.05, 4.69) is 19.9 Å². The van der Waals surface area contributed by atoms with Crippen molar-refractivity contribution in [3.05, 3.63) is 64.2 Å². The van der Waals surface area contributed by atoms with Crippen molar-refractivity contribution in [1.29, 1.82) is 5.41 Å². The van der Waals surface area contributed by atoms with Gasteiger partial charge < -0.3 is 15.6 Å². The van der Waals surface area contributed by atoms with E-state index in [9.17, 15) is 5.11 Å². The predicted octanol–water partition coefficient (Wildman–Crippen LogP) is 3.16. The van der Waals surface area contributed by atoms with Gasteiger partial charge in [-0.25, -0.2) is 0 Å². The molecule has 2 aromatic rings. The Morgan fingerprint density at radius 1 is 1.14 bits per heavy atom. The fourth-order valence-electron chi connectivity index (χ4n) is 2.34. The first-order chi connectivity index (χ1) is 10.4. The average Bonchev–Trinajstić information content (AvgIpc) is 2.49. The van der Waals surface area contributed by atoms with Crippen LogP contribution in [0.4, 0.5) is 0 Å². The lowest BCUT2D eigenvalue weighted by Gasteiger charge is -2.16. The summed E-state index contributed by atoms with van der Waals surface area (Å²) in [6, 6.07) is 11.4. The van der Waals surface area contributed by atoms with Crippen LogP contribution in [-0.4, -0.2) is 10.9 Å². The van der Waals surface area contributed by atoms with Crippen LogP contribution in [0.3, 0.4) is 0 Å². The number of nitrogens with one attached hydrogen (secondary N) is 1. The molecule has 0 radical (unpaired) electrons. The molecule has 22 heavy (non-hydrogen) atoms. The molecule has 1 atom stereocenters. The average molecular weight is 298 g/mol. The number of hydrogen-bond donors (Lipinski definition) is 3. The van der Waals surface area contributed by atoms with Gasteiger partial charge in [0.25, 0.3) is 0 Å². The summed E-state index contributed by atoms with van der Waals surface area (Å²) >= 11 is 0. The molecule has 4 N–H and O–H groups in total. The van der Waals surface area contributed by atoms with Crippen molar-refractivity contribution in [2.45, 2.75) is 33.5 Å². The maximum absolute atomic E-state index is 10.0. The van der Waals surface area contributed by atoms with Crippen LogP contribution in [0.1, 0.15) is 33.9 Å². The topological polar surface area (TPSA) is 79.3 Å². The van der Waals surface area contributed by atoms with Crippen molar-refractivity contribution in [2.24, 2.45) is 5.73 Å². The molecule has 0 fully saturated rings. The van der Waals surface area contributed by atoms with Gasteiger partial charge in [-0.2, -0.15) is 0 Å². The van der Waals surface area contributed by atoms with Gasteiger partial charge in [0.1, 0.15) is 24.3 Å². The van der Waals surface area contributed by atoms with E-state index in [1.54, 1.807) is 6.07 Å². The molecule has 0 aliphatic rings. The first-order valence-corrected chi connectivity index (χ1v) is 7.20. The van der Waals surface area contributed by atoms with Gasteiger partial charge in [0, 0.05) is 0 Å². The normalized spacial score (nSPS) is 12.0. The van der Waals surface area contributed by atoms with Gasteiger partial charge in [-0.05, 0) is 54.7 Å². The Kier molecular flexibility index (Phi) is 4.83. The van der Waals surface area contributed by atoms with Crippen molar-refractivity contribution in [3.8, 4) is 5.75 Å². The fourth-order valence-corrected chi connectivity index (χ4v) is 2.34. The van der Waals surface area contributed by atoms with Crippen LogP contribution in [0.25, 0.3) is 0 Å². The van der Waals surface area contributed by atoms with E-state index >= 15 is 0 Å². The van der Waals surface area contributed by atoms with E-state index in [1.165, 1.54) is 11.1 Å². The summed E-state index contributed by atoms with van der Waals surface area (Å²) in [4.78, 5) is 0. The Bertz CT molecular complexity index is 695. The minimum absolute atomic E-state index is 0.269. The molecular weight excluding hydrogens is 276 g/mol. The second-order valence-electron chi connectivity index (χ2n) is 5.55. The van der Waals surface area contributed by atoms with Crippen LogP contribution in [0, 0.1) is 26.2 Å². The van der Waals surface area contributed by atoms with Gasteiger partial charge in [-0.15, -0.1) is 0 Å². The largest absolute Gasteiger partial charge is 0.489 e. The highest BCUT2D eigenvalue weighted by atomic mass is 16.5. The molecule has 2 aromatic carbocycles. The second-order valence-corrected chi connectivity index (χ2v) is 5.55. The first-order valence-electron chi connectivity index (χ1n) is 7.20. The quantitative estimate of drug-likeness (QED) is 0.586. The standard InChI is InChI=1S/C18H22N2O2/c1-11-8-13(3)16(9-12(11)2)22-10-14-6-4-5-7-15(14)17(21)18(19)20/h4-9,17,21H,10H2,1-3H3,(H3,19,20). The summed E-state index contributed by atoms with van der Waals surface area (Å²) in [5, 5.41) is 17.4. The molecule has 0 aromatic heterocycles. The van der Waals surface area contributed by atoms with E-state index in [1.807, 2.05) is 31.2 Å². The third-order valence-corrected chi connectivity index (χ3v) is 3.82. The molecular formula is C18H22N2O2. The second kappa shape index (κ2) is 6.62. The Balaban J connectivity index is 2.22. The molecule has 2 rings (SSSR count). The highest BCUT2D eigenvalue weighted by Gasteiger charge is 2.15. The zero-order chi connectivity index (χ0) is 16.3. The van der Waals surface area contributed by atoms with E-state index in [4.69, 9.17) is 15.9 Å². The molecule has 0 heterocycles. The lowest BCUT2D eigenvalue weighted by atomic mass is 10.0. The van der Waals surface area contributed by atoms with Crippen LogP contribution in [-0.2, 0) is 6.61 Å². The zero-order valence-electron chi connectivity index (χ0n) is 13.2. The van der Waals surface area contributed by atoms with Crippen molar-refractivity contribution in [2.75, 3.05) is 0 Å². The van der Waals surface area contributed by atoms with Gasteiger partial charge in [0.15, 0.2) is 0 Å². The zero-order valence-corrected chi connectivity index (χ0v) is 13.2. The number of rotatable bonds is 5. The van der Waals surface area contributed by atoms with Crippen LogP contribution < -0.4 is 10.5 Å². The van der Waals surface area contributed by atoms with E-state index in [0.717, 1.165) is 16.9 Å².